The molecule has 1 N–H and O–H groups in total. The third-order valence-corrected chi connectivity index (χ3v) is 4.24. The summed E-state index contributed by atoms with van der Waals surface area (Å²) in [7, 11) is 0. The van der Waals surface area contributed by atoms with Crippen LogP contribution in [0.15, 0.2) is 59.7 Å². The van der Waals surface area contributed by atoms with Crippen LogP contribution < -0.4 is 5.43 Å². The first kappa shape index (κ1) is 15.2. The molecule has 0 saturated heterocycles. The zero-order valence-corrected chi connectivity index (χ0v) is 13.4. The monoisotopic (exact) mass is 304 g/mol. The van der Waals surface area contributed by atoms with Crippen LogP contribution in [0, 0.1) is 5.92 Å². The van der Waals surface area contributed by atoms with Gasteiger partial charge in [-0.2, -0.15) is 5.10 Å². The van der Waals surface area contributed by atoms with E-state index in [4.69, 9.17) is 0 Å². The Kier molecular flexibility index (Phi) is 4.38. The number of rotatable bonds is 4. The lowest BCUT2D eigenvalue weighted by Gasteiger charge is -2.08. The van der Waals surface area contributed by atoms with E-state index in [0.717, 1.165) is 22.8 Å². The Morgan fingerprint density at radius 2 is 1.65 bits per heavy atom. The van der Waals surface area contributed by atoms with Crippen molar-refractivity contribution in [2.24, 2.45) is 11.0 Å². The molecule has 0 aliphatic heterocycles. The third-order valence-electron chi connectivity index (χ3n) is 4.24. The Balaban J connectivity index is 2.05. The molecule has 0 aliphatic carbocycles. The van der Waals surface area contributed by atoms with Crippen molar-refractivity contribution in [1.29, 1.82) is 0 Å². The van der Waals surface area contributed by atoms with Gasteiger partial charge < -0.3 is 0 Å². The molecule has 116 valence electrons. The van der Waals surface area contributed by atoms with Crippen LogP contribution in [-0.2, 0) is 4.79 Å². The van der Waals surface area contributed by atoms with Gasteiger partial charge in [-0.05, 0) is 34.0 Å². The molecule has 1 unspecified atom stereocenters. The molecule has 3 aromatic carbocycles. The van der Waals surface area contributed by atoms with Crippen molar-refractivity contribution < 1.29 is 4.79 Å². The molecule has 3 heteroatoms. The van der Waals surface area contributed by atoms with Gasteiger partial charge in [-0.3, -0.25) is 4.79 Å². The highest BCUT2D eigenvalue weighted by molar-refractivity contribution is 6.13. The molecule has 3 aromatic rings. The van der Waals surface area contributed by atoms with E-state index in [1.807, 2.05) is 38.1 Å². The van der Waals surface area contributed by atoms with Crippen molar-refractivity contribution in [3.63, 3.8) is 0 Å². The van der Waals surface area contributed by atoms with E-state index >= 15 is 0 Å². The van der Waals surface area contributed by atoms with Gasteiger partial charge in [0.2, 0.25) is 5.91 Å². The normalized spacial score (nSPS) is 12.8. The van der Waals surface area contributed by atoms with Gasteiger partial charge >= 0.3 is 0 Å². The van der Waals surface area contributed by atoms with Crippen LogP contribution in [0.5, 0.6) is 0 Å². The smallest absolute Gasteiger partial charge is 0.242 e. The highest BCUT2D eigenvalue weighted by Gasteiger charge is 2.09. The van der Waals surface area contributed by atoms with Crippen LogP contribution in [-0.4, -0.2) is 12.1 Å². The molecule has 3 rings (SSSR count). The minimum absolute atomic E-state index is 0.0311. The number of carbonyl (C=O) groups is 1. The second kappa shape index (κ2) is 6.61. The van der Waals surface area contributed by atoms with E-state index in [1.165, 1.54) is 10.8 Å². The summed E-state index contributed by atoms with van der Waals surface area (Å²) in [4.78, 5) is 11.9. The number of carbonyl (C=O) groups excluding carboxylic acids is 1. The second-order valence-corrected chi connectivity index (χ2v) is 5.78. The topological polar surface area (TPSA) is 41.5 Å². The van der Waals surface area contributed by atoms with E-state index < -0.39 is 0 Å². The summed E-state index contributed by atoms with van der Waals surface area (Å²) >= 11 is 0. The predicted octanol–water partition coefficient (Wildman–Crippen LogP) is 4.49. The van der Waals surface area contributed by atoms with E-state index in [1.54, 1.807) is 6.21 Å². The van der Waals surface area contributed by atoms with Crippen molar-refractivity contribution in [2.45, 2.75) is 20.3 Å². The number of amides is 1. The zero-order chi connectivity index (χ0) is 16.2. The number of hydrogen-bond donors (Lipinski definition) is 1. The van der Waals surface area contributed by atoms with Crippen molar-refractivity contribution in [2.75, 3.05) is 0 Å². The van der Waals surface area contributed by atoms with Gasteiger partial charge in [-0.25, -0.2) is 5.43 Å². The van der Waals surface area contributed by atoms with Gasteiger partial charge in [0, 0.05) is 11.5 Å². The molecule has 3 nitrogen and oxygen atoms in total. The Hall–Kier alpha value is -2.68. The minimum Gasteiger partial charge on any atom is -0.273 e. The number of hydrogen-bond acceptors (Lipinski definition) is 2. The molecule has 0 aromatic heterocycles. The molecule has 0 aliphatic rings. The van der Waals surface area contributed by atoms with Crippen molar-refractivity contribution in [3.8, 4) is 0 Å². The third kappa shape index (κ3) is 3.09. The fourth-order valence-corrected chi connectivity index (χ4v) is 2.64. The molecule has 0 bridgehead atoms. The average molecular weight is 304 g/mol. The summed E-state index contributed by atoms with van der Waals surface area (Å²) in [6.07, 6.45) is 2.56. The molecular formula is C20H20N2O. The van der Waals surface area contributed by atoms with E-state index in [2.05, 4.69) is 40.9 Å². The Morgan fingerprint density at radius 1 is 1.09 bits per heavy atom. The molecule has 0 radical (unpaired) electrons. The molecule has 0 saturated carbocycles. The SMILES string of the molecule is CCC(C)C(=O)N/N=C/c1c2ccccc2cc2ccccc12. The lowest BCUT2D eigenvalue weighted by atomic mass is 9.97. The van der Waals surface area contributed by atoms with Crippen LogP contribution in [0.3, 0.4) is 0 Å². The van der Waals surface area contributed by atoms with Gasteiger partial charge in [0.15, 0.2) is 0 Å². The van der Waals surface area contributed by atoms with Crippen molar-refractivity contribution >= 4 is 33.7 Å². The van der Waals surface area contributed by atoms with E-state index in [9.17, 15) is 4.79 Å². The molecular weight excluding hydrogens is 284 g/mol. The highest BCUT2D eigenvalue weighted by atomic mass is 16.2. The number of benzene rings is 3. The van der Waals surface area contributed by atoms with Gasteiger partial charge in [0.1, 0.15) is 0 Å². The number of nitrogens with one attached hydrogen (secondary N) is 1. The van der Waals surface area contributed by atoms with Crippen molar-refractivity contribution in [3.05, 3.63) is 60.2 Å². The van der Waals surface area contributed by atoms with Crippen LogP contribution >= 0.6 is 0 Å². The van der Waals surface area contributed by atoms with Gasteiger partial charge in [0.25, 0.3) is 0 Å². The van der Waals surface area contributed by atoms with Gasteiger partial charge in [-0.15, -0.1) is 0 Å². The Bertz CT molecular complexity index is 829. The second-order valence-electron chi connectivity index (χ2n) is 5.78. The molecule has 0 spiro atoms. The zero-order valence-electron chi connectivity index (χ0n) is 13.4. The van der Waals surface area contributed by atoms with E-state index in [0.29, 0.717) is 0 Å². The number of nitrogens with zero attached hydrogens (tertiary/aromatic N) is 1. The first-order valence-corrected chi connectivity index (χ1v) is 7.94. The summed E-state index contributed by atoms with van der Waals surface area (Å²) in [5.74, 6) is -0.0790. The summed E-state index contributed by atoms with van der Waals surface area (Å²) < 4.78 is 0. The molecule has 1 amide bonds. The first-order valence-electron chi connectivity index (χ1n) is 7.94. The van der Waals surface area contributed by atoms with E-state index in [-0.39, 0.29) is 11.8 Å². The Morgan fingerprint density at radius 3 is 2.22 bits per heavy atom. The molecule has 1 atom stereocenters. The first-order chi connectivity index (χ1) is 11.2. The maximum atomic E-state index is 11.9. The summed E-state index contributed by atoms with van der Waals surface area (Å²) in [5, 5.41) is 8.79. The fraction of sp³-hybridized carbons (Fsp3) is 0.200. The largest absolute Gasteiger partial charge is 0.273 e. The summed E-state index contributed by atoms with van der Waals surface area (Å²) in [5.41, 5.74) is 3.67. The summed E-state index contributed by atoms with van der Waals surface area (Å²) in [6, 6.07) is 18.6. The van der Waals surface area contributed by atoms with Crippen molar-refractivity contribution in [1.82, 2.24) is 5.43 Å². The molecule has 0 fully saturated rings. The van der Waals surface area contributed by atoms with Gasteiger partial charge in [0.05, 0.1) is 6.21 Å². The molecule has 0 heterocycles. The summed E-state index contributed by atoms with van der Waals surface area (Å²) in [6.45, 7) is 3.89. The quantitative estimate of drug-likeness (QED) is 0.431. The maximum absolute atomic E-state index is 11.9. The van der Waals surface area contributed by atoms with Crippen LogP contribution in [0.2, 0.25) is 0 Å². The molecule has 23 heavy (non-hydrogen) atoms. The predicted molar refractivity (Wildman–Crippen MR) is 96.6 cm³/mol. The average Bonchev–Trinajstić information content (AvgIpc) is 2.60. The fourth-order valence-electron chi connectivity index (χ4n) is 2.64. The lowest BCUT2D eigenvalue weighted by molar-refractivity contribution is -0.124. The van der Waals surface area contributed by atoms with Gasteiger partial charge in [-0.1, -0.05) is 62.4 Å². The minimum atomic E-state index is -0.0479. The Labute approximate surface area is 136 Å². The highest BCUT2D eigenvalue weighted by Crippen LogP contribution is 2.27. The number of hydrazone groups is 1. The number of fused-ring (bicyclic) bond motifs is 2. The lowest BCUT2D eigenvalue weighted by Crippen LogP contribution is -2.24. The van der Waals surface area contributed by atoms with Crippen LogP contribution in [0.1, 0.15) is 25.8 Å². The van der Waals surface area contributed by atoms with Crippen LogP contribution in [0.25, 0.3) is 21.5 Å². The standard InChI is InChI=1S/C20H20N2O/c1-3-14(2)20(23)22-21-13-19-17-10-6-4-8-15(17)12-16-9-5-7-11-18(16)19/h4-14H,3H2,1-2H3,(H,22,23)/b21-13+. The maximum Gasteiger partial charge on any atom is 0.242 e. The van der Waals surface area contributed by atoms with Crippen LogP contribution in [0.4, 0.5) is 0 Å².